The summed E-state index contributed by atoms with van der Waals surface area (Å²) in [5.41, 5.74) is 0. The van der Waals surface area contributed by atoms with Crippen molar-refractivity contribution >= 4 is 10.0 Å². The summed E-state index contributed by atoms with van der Waals surface area (Å²) in [4.78, 5) is 0. The predicted octanol–water partition coefficient (Wildman–Crippen LogP) is 7.38. The summed E-state index contributed by atoms with van der Waals surface area (Å²) in [6, 6.07) is 6.40. The largest absolute Gasteiger partial charge is 0.230 e. The van der Waals surface area contributed by atoms with E-state index in [1.54, 1.807) is 4.31 Å². The topological polar surface area (TPSA) is 109 Å². The summed E-state index contributed by atoms with van der Waals surface area (Å²) < 4.78 is 27.8. The number of rotatable bonds is 24. The summed E-state index contributed by atoms with van der Waals surface area (Å²) >= 11 is 0. The van der Waals surface area contributed by atoms with E-state index in [-0.39, 0.29) is 0 Å². The quantitative estimate of drug-likeness (QED) is 0.131. The smallest absolute Gasteiger partial charge is 0.211 e. The van der Waals surface area contributed by atoms with Gasteiger partial charge in [0.15, 0.2) is 5.25 Å². The molecule has 0 saturated heterocycles. The fraction of sp³-hybridized carbons (Fsp3) is 0.889. The number of hydrogen-bond donors (Lipinski definition) is 0. The van der Waals surface area contributed by atoms with Gasteiger partial charge < -0.3 is 0 Å². The highest BCUT2D eigenvalue weighted by Crippen LogP contribution is 2.18. The van der Waals surface area contributed by atoms with Gasteiger partial charge >= 0.3 is 0 Å². The van der Waals surface area contributed by atoms with Crippen molar-refractivity contribution in [3.63, 3.8) is 0 Å². The van der Waals surface area contributed by atoms with Gasteiger partial charge in [-0.05, 0) is 32.1 Å². The van der Waals surface area contributed by atoms with Crippen molar-refractivity contribution in [2.75, 3.05) is 13.1 Å². The Balaban J connectivity index is 4.34. The lowest BCUT2D eigenvalue weighted by Crippen LogP contribution is -2.39. The predicted molar refractivity (Wildman–Crippen MR) is 139 cm³/mol. The van der Waals surface area contributed by atoms with Crippen molar-refractivity contribution < 1.29 is 8.42 Å². The fourth-order valence-electron chi connectivity index (χ4n) is 4.19. The molecule has 0 aromatic rings. The maximum atomic E-state index is 13.1. The summed E-state index contributed by atoms with van der Waals surface area (Å²) in [7, 11) is -3.58. The van der Waals surface area contributed by atoms with Crippen LogP contribution in [0.1, 0.15) is 135 Å². The molecule has 1 unspecified atom stereocenters. The van der Waals surface area contributed by atoms with Gasteiger partial charge in [0.25, 0.3) is 0 Å². The van der Waals surface area contributed by atoms with E-state index in [2.05, 4.69) is 12.1 Å². The number of sulfonamides is 1. The SMILES string of the molecule is CCCC(C#N)S(=O)(=O)N(CCCCCCCCCCC#N)CCCCCCCCCCC#N. The molecule has 6 nitrogen and oxygen atoms in total. The average molecular weight is 493 g/mol. The van der Waals surface area contributed by atoms with E-state index in [1.807, 2.05) is 13.0 Å². The Bertz CT molecular complexity index is 670. The summed E-state index contributed by atoms with van der Waals surface area (Å²) in [6.07, 6.45) is 19.6. The van der Waals surface area contributed by atoms with Crippen LogP contribution < -0.4 is 0 Å². The Morgan fingerprint density at radius 3 is 1.29 bits per heavy atom. The molecule has 0 aromatic heterocycles. The van der Waals surface area contributed by atoms with Crippen LogP contribution in [0.15, 0.2) is 0 Å². The molecule has 0 bridgehead atoms. The molecule has 0 aliphatic heterocycles. The summed E-state index contributed by atoms with van der Waals surface area (Å²) in [6.45, 7) is 2.96. The third-order valence-corrected chi connectivity index (χ3v) is 8.45. The van der Waals surface area contributed by atoms with Crippen molar-refractivity contribution in [3.8, 4) is 18.2 Å². The van der Waals surface area contributed by atoms with E-state index in [0.717, 1.165) is 77.0 Å². The van der Waals surface area contributed by atoms with Crippen molar-refractivity contribution in [2.24, 2.45) is 0 Å². The van der Waals surface area contributed by atoms with Crippen LogP contribution in [-0.4, -0.2) is 31.1 Å². The maximum absolute atomic E-state index is 13.1. The highest BCUT2D eigenvalue weighted by atomic mass is 32.2. The van der Waals surface area contributed by atoms with E-state index in [1.165, 1.54) is 25.7 Å². The molecule has 34 heavy (non-hydrogen) atoms. The minimum absolute atomic E-state index is 0.396. The van der Waals surface area contributed by atoms with E-state index in [9.17, 15) is 13.7 Å². The molecule has 0 aliphatic rings. The Morgan fingerprint density at radius 2 is 0.971 bits per heavy atom. The van der Waals surface area contributed by atoms with E-state index in [4.69, 9.17) is 10.5 Å². The standard InChI is InChI=1S/C27H48N4O2S/c1-2-21-27(26-30)34(32,33)31(24-19-15-11-7-3-5-9-13-17-22-28)25-20-16-12-8-4-6-10-14-18-23-29/h27H,2-21,24-25H2,1H3. The molecule has 0 amide bonds. The molecule has 0 aromatic carbocycles. The first kappa shape index (κ1) is 32.4. The van der Waals surface area contributed by atoms with E-state index in [0.29, 0.717) is 38.8 Å². The van der Waals surface area contributed by atoms with Gasteiger partial charge in [-0.15, -0.1) is 0 Å². The van der Waals surface area contributed by atoms with Gasteiger partial charge in [0.05, 0.1) is 18.2 Å². The zero-order chi connectivity index (χ0) is 25.3. The second-order valence-electron chi connectivity index (χ2n) is 9.32. The van der Waals surface area contributed by atoms with Crippen LogP contribution in [0.3, 0.4) is 0 Å². The fourth-order valence-corrected chi connectivity index (χ4v) is 5.99. The van der Waals surface area contributed by atoms with E-state index >= 15 is 0 Å². The second-order valence-corrected chi connectivity index (χ2v) is 11.4. The minimum Gasteiger partial charge on any atom is -0.211 e. The first-order valence-corrected chi connectivity index (χ1v) is 15.2. The molecule has 0 spiro atoms. The monoisotopic (exact) mass is 492 g/mol. The molecule has 0 aliphatic carbocycles. The molecule has 0 heterocycles. The zero-order valence-electron chi connectivity index (χ0n) is 21.6. The van der Waals surface area contributed by atoms with Gasteiger partial charge in [-0.25, -0.2) is 12.7 Å². The third-order valence-electron chi connectivity index (χ3n) is 6.31. The lowest BCUT2D eigenvalue weighted by atomic mass is 10.1. The molecule has 0 radical (unpaired) electrons. The Kier molecular flexibility index (Phi) is 22.0. The molecule has 1 atom stereocenters. The van der Waals surface area contributed by atoms with Crippen LogP contribution in [0.4, 0.5) is 0 Å². The molecule has 194 valence electrons. The number of nitriles is 3. The Morgan fingerprint density at radius 1 is 0.618 bits per heavy atom. The third kappa shape index (κ3) is 16.9. The highest BCUT2D eigenvalue weighted by molar-refractivity contribution is 7.90. The van der Waals surface area contributed by atoms with Gasteiger partial charge in [0, 0.05) is 25.9 Å². The maximum Gasteiger partial charge on any atom is 0.230 e. The van der Waals surface area contributed by atoms with Crippen LogP contribution >= 0.6 is 0 Å². The summed E-state index contributed by atoms with van der Waals surface area (Å²) in [5, 5.41) is 25.6. The average Bonchev–Trinajstić information content (AvgIpc) is 2.83. The molecule has 0 saturated carbocycles. The molecular weight excluding hydrogens is 444 g/mol. The Labute approximate surface area is 210 Å². The second kappa shape index (κ2) is 23.1. The van der Waals surface area contributed by atoms with Crippen molar-refractivity contribution in [2.45, 2.75) is 141 Å². The lowest BCUT2D eigenvalue weighted by Gasteiger charge is -2.24. The van der Waals surface area contributed by atoms with Gasteiger partial charge in [0.2, 0.25) is 10.0 Å². The molecule has 0 rings (SSSR count). The molecule has 7 heteroatoms. The molecule has 0 N–H and O–H groups in total. The Hall–Kier alpha value is -1.62. The van der Waals surface area contributed by atoms with Gasteiger partial charge in [-0.3, -0.25) is 0 Å². The first-order chi connectivity index (χ1) is 16.5. The minimum atomic E-state index is -3.58. The molecular formula is C27H48N4O2S. The van der Waals surface area contributed by atoms with Crippen LogP contribution in [0, 0.1) is 34.0 Å². The number of unbranched alkanes of at least 4 members (excludes halogenated alkanes) is 16. The van der Waals surface area contributed by atoms with Crippen LogP contribution in [0.5, 0.6) is 0 Å². The van der Waals surface area contributed by atoms with Crippen molar-refractivity contribution in [1.29, 1.82) is 15.8 Å². The van der Waals surface area contributed by atoms with Gasteiger partial charge in [0.1, 0.15) is 0 Å². The van der Waals surface area contributed by atoms with Gasteiger partial charge in [-0.1, -0.05) is 90.4 Å². The molecule has 0 fully saturated rings. The first-order valence-electron chi connectivity index (χ1n) is 13.7. The normalized spacial score (nSPS) is 12.2. The van der Waals surface area contributed by atoms with E-state index < -0.39 is 15.3 Å². The lowest BCUT2D eigenvalue weighted by molar-refractivity contribution is 0.379. The number of hydrogen-bond acceptors (Lipinski definition) is 5. The van der Waals surface area contributed by atoms with Crippen LogP contribution in [-0.2, 0) is 10.0 Å². The van der Waals surface area contributed by atoms with Crippen LogP contribution in [0.25, 0.3) is 0 Å². The summed E-state index contributed by atoms with van der Waals surface area (Å²) in [5.74, 6) is 0. The van der Waals surface area contributed by atoms with Crippen molar-refractivity contribution in [1.82, 2.24) is 4.31 Å². The van der Waals surface area contributed by atoms with Crippen LogP contribution in [0.2, 0.25) is 0 Å². The van der Waals surface area contributed by atoms with Crippen molar-refractivity contribution in [3.05, 3.63) is 0 Å². The van der Waals surface area contributed by atoms with Gasteiger partial charge in [-0.2, -0.15) is 15.8 Å². The highest BCUT2D eigenvalue weighted by Gasteiger charge is 2.30. The number of nitrogens with zero attached hydrogens (tertiary/aromatic N) is 4. The zero-order valence-corrected chi connectivity index (χ0v) is 22.5.